The molecule has 126 valence electrons. The highest BCUT2D eigenvalue weighted by Crippen LogP contribution is 2.23. The third kappa shape index (κ3) is 2.66. The Morgan fingerprint density at radius 2 is 1.96 bits per heavy atom. The van der Waals surface area contributed by atoms with Crippen LogP contribution in [-0.4, -0.2) is 40.9 Å². The Balaban J connectivity index is 1.56. The molecule has 3 heterocycles. The lowest BCUT2D eigenvalue weighted by atomic mass is 10.0. The number of aromatic nitrogens is 3. The molecule has 0 saturated carbocycles. The van der Waals surface area contributed by atoms with E-state index < -0.39 is 0 Å². The number of fused-ring (bicyclic) bond motifs is 1. The van der Waals surface area contributed by atoms with Crippen molar-refractivity contribution >= 4 is 11.5 Å². The minimum atomic E-state index is 0.0110. The van der Waals surface area contributed by atoms with Crippen LogP contribution in [0.1, 0.15) is 25.1 Å². The van der Waals surface area contributed by atoms with E-state index in [-0.39, 0.29) is 11.6 Å². The Kier molecular flexibility index (Phi) is 3.96. The van der Waals surface area contributed by atoms with Gasteiger partial charge in [-0.15, -0.1) is 10.2 Å². The minimum Gasteiger partial charge on any atom is -0.369 e. The first-order valence-corrected chi connectivity index (χ1v) is 8.73. The van der Waals surface area contributed by atoms with E-state index >= 15 is 0 Å². The predicted octanol–water partition coefficient (Wildman–Crippen LogP) is 1.69. The molecule has 0 N–H and O–H groups in total. The van der Waals surface area contributed by atoms with Crippen LogP contribution in [0.4, 0.5) is 11.5 Å². The van der Waals surface area contributed by atoms with Crippen LogP contribution >= 0.6 is 0 Å². The smallest absolute Gasteiger partial charge is 0.296 e. The third-order valence-electron chi connectivity index (χ3n) is 5.19. The lowest BCUT2D eigenvalue weighted by molar-refractivity contribution is 0.482. The van der Waals surface area contributed by atoms with Crippen molar-refractivity contribution in [1.29, 1.82) is 0 Å². The molecular weight excluding hydrogens is 302 g/mol. The lowest BCUT2D eigenvalue weighted by Crippen LogP contribution is -2.48. The topological polar surface area (TPSA) is 54.3 Å². The SMILES string of the molecule is CN(c1nnc2n(c1=O)CCC2)C1CCCN(c2ccccc2)C1. The lowest BCUT2D eigenvalue weighted by Gasteiger charge is -2.39. The summed E-state index contributed by atoms with van der Waals surface area (Å²) in [6.45, 7) is 2.73. The summed E-state index contributed by atoms with van der Waals surface area (Å²) in [5.41, 5.74) is 1.25. The number of likely N-dealkylation sites (N-methyl/N-ethyl adjacent to an activating group) is 1. The van der Waals surface area contributed by atoms with Gasteiger partial charge in [-0.3, -0.25) is 9.36 Å². The van der Waals surface area contributed by atoms with Crippen LogP contribution in [0.25, 0.3) is 0 Å². The average molecular weight is 325 g/mol. The molecular formula is C18H23N5O. The van der Waals surface area contributed by atoms with Crippen LogP contribution in [0.3, 0.4) is 0 Å². The Labute approximate surface area is 141 Å². The van der Waals surface area contributed by atoms with E-state index in [2.05, 4.69) is 39.4 Å². The van der Waals surface area contributed by atoms with Crippen molar-refractivity contribution in [2.45, 2.75) is 38.3 Å². The standard InChI is InChI=1S/C18H23N5O/c1-21(17-18(24)23-12-6-10-16(23)19-20-17)15-9-5-11-22(13-15)14-7-3-2-4-8-14/h2-4,7-8,15H,5-6,9-13H2,1H3. The van der Waals surface area contributed by atoms with Crippen LogP contribution in [0.5, 0.6) is 0 Å². The zero-order valence-electron chi connectivity index (χ0n) is 14.1. The molecule has 24 heavy (non-hydrogen) atoms. The Bertz CT molecular complexity index is 773. The Hall–Kier alpha value is -2.37. The summed E-state index contributed by atoms with van der Waals surface area (Å²) < 4.78 is 1.79. The van der Waals surface area contributed by atoms with Crippen molar-refractivity contribution in [1.82, 2.24) is 14.8 Å². The van der Waals surface area contributed by atoms with Crippen molar-refractivity contribution in [3.8, 4) is 0 Å². The fourth-order valence-electron chi connectivity index (χ4n) is 3.79. The number of benzene rings is 1. The Morgan fingerprint density at radius 1 is 1.12 bits per heavy atom. The molecule has 1 aromatic carbocycles. The normalized spacial score (nSPS) is 20.0. The highest BCUT2D eigenvalue weighted by atomic mass is 16.1. The second kappa shape index (κ2) is 6.26. The molecule has 6 nitrogen and oxygen atoms in total. The van der Waals surface area contributed by atoms with Crippen LogP contribution in [0.2, 0.25) is 0 Å². The van der Waals surface area contributed by atoms with Gasteiger partial charge >= 0.3 is 0 Å². The van der Waals surface area contributed by atoms with Crippen LogP contribution in [0.15, 0.2) is 35.1 Å². The third-order valence-corrected chi connectivity index (χ3v) is 5.19. The van der Waals surface area contributed by atoms with Gasteiger partial charge in [0.1, 0.15) is 5.82 Å². The predicted molar refractivity (Wildman–Crippen MR) is 94.7 cm³/mol. The number of anilines is 2. The van der Waals surface area contributed by atoms with Gasteiger partial charge < -0.3 is 9.80 Å². The van der Waals surface area contributed by atoms with E-state index in [0.29, 0.717) is 5.82 Å². The van der Waals surface area contributed by atoms with E-state index in [1.54, 1.807) is 4.57 Å². The van der Waals surface area contributed by atoms with Gasteiger partial charge in [0.25, 0.3) is 5.56 Å². The molecule has 2 aromatic rings. The van der Waals surface area contributed by atoms with E-state index in [1.165, 1.54) is 5.69 Å². The second-order valence-electron chi connectivity index (χ2n) is 6.69. The maximum absolute atomic E-state index is 12.7. The molecule has 0 aliphatic carbocycles. The summed E-state index contributed by atoms with van der Waals surface area (Å²) in [7, 11) is 1.98. The molecule has 0 amide bonds. The molecule has 4 rings (SSSR count). The molecule has 6 heteroatoms. The van der Waals surface area contributed by atoms with Crippen LogP contribution in [0, 0.1) is 0 Å². The highest BCUT2D eigenvalue weighted by Gasteiger charge is 2.27. The number of aryl methyl sites for hydroxylation is 1. The van der Waals surface area contributed by atoms with Crippen LogP contribution < -0.4 is 15.4 Å². The fourth-order valence-corrected chi connectivity index (χ4v) is 3.79. The summed E-state index contributed by atoms with van der Waals surface area (Å²) in [4.78, 5) is 17.1. The van der Waals surface area contributed by atoms with Gasteiger partial charge in [0.05, 0.1) is 0 Å². The molecule has 1 unspecified atom stereocenters. The van der Waals surface area contributed by atoms with E-state index in [1.807, 2.05) is 18.0 Å². The van der Waals surface area contributed by atoms with Gasteiger partial charge in [0, 0.05) is 44.8 Å². The molecule has 0 bridgehead atoms. The van der Waals surface area contributed by atoms with Crippen molar-refractivity contribution in [3.05, 3.63) is 46.5 Å². The summed E-state index contributed by atoms with van der Waals surface area (Å²) in [6, 6.07) is 10.8. The molecule has 0 radical (unpaired) electrons. The Morgan fingerprint density at radius 3 is 2.79 bits per heavy atom. The quantitative estimate of drug-likeness (QED) is 0.859. The zero-order chi connectivity index (χ0) is 16.5. The molecule has 1 atom stereocenters. The first-order chi connectivity index (χ1) is 11.7. The summed E-state index contributed by atoms with van der Waals surface area (Å²) in [5, 5.41) is 8.52. The average Bonchev–Trinajstić information content (AvgIpc) is 3.12. The van der Waals surface area contributed by atoms with Gasteiger partial charge in [-0.25, -0.2) is 0 Å². The number of nitrogens with zero attached hydrogens (tertiary/aromatic N) is 5. The van der Waals surface area contributed by atoms with Crippen molar-refractivity contribution in [2.24, 2.45) is 0 Å². The van der Waals surface area contributed by atoms with Gasteiger partial charge in [-0.1, -0.05) is 18.2 Å². The number of hydrogen-bond acceptors (Lipinski definition) is 5. The molecule has 1 fully saturated rings. The summed E-state index contributed by atoms with van der Waals surface area (Å²) in [5.74, 6) is 1.31. The molecule has 1 aromatic heterocycles. The largest absolute Gasteiger partial charge is 0.369 e. The van der Waals surface area contributed by atoms with E-state index in [0.717, 1.165) is 51.1 Å². The number of para-hydroxylation sites is 1. The molecule has 2 aliphatic rings. The highest BCUT2D eigenvalue weighted by molar-refractivity contribution is 5.47. The van der Waals surface area contributed by atoms with Gasteiger partial charge in [0.2, 0.25) is 5.82 Å². The van der Waals surface area contributed by atoms with E-state index in [9.17, 15) is 4.79 Å². The maximum Gasteiger partial charge on any atom is 0.296 e. The molecule has 2 aliphatic heterocycles. The van der Waals surface area contributed by atoms with Gasteiger partial charge in [-0.05, 0) is 31.4 Å². The molecule has 1 saturated heterocycles. The number of hydrogen-bond donors (Lipinski definition) is 0. The maximum atomic E-state index is 12.7. The first kappa shape index (κ1) is 15.2. The minimum absolute atomic E-state index is 0.0110. The van der Waals surface area contributed by atoms with E-state index in [4.69, 9.17) is 0 Å². The van der Waals surface area contributed by atoms with Gasteiger partial charge in [0.15, 0.2) is 0 Å². The molecule has 0 spiro atoms. The van der Waals surface area contributed by atoms with Crippen LogP contribution in [-0.2, 0) is 13.0 Å². The second-order valence-corrected chi connectivity index (χ2v) is 6.69. The van der Waals surface area contributed by atoms with Gasteiger partial charge in [-0.2, -0.15) is 0 Å². The fraction of sp³-hybridized carbons (Fsp3) is 0.500. The van der Waals surface area contributed by atoms with Crippen molar-refractivity contribution in [2.75, 3.05) is 29.9 Å². The first-order valence-electron chi connectivity index (χ1n) is 8.73. The van der Waals surface area contributed by atoms with Crippen molar-refractivity contribution < 1.29 is 0 Å². The number of piperidine rings is 1. The summed E-state index contributed by atoms with van der Waals surface area (Å²) >= 11 is 0. The van der Waals surface area contributed by atoms with Crippen molar-refractivity contribution in [3.63, 3.8) is 0 Å². The zero-order valence-corrected chi connectivity index (χ0v) is 14.1. The number of rotatable bonds is 3. The monoisotopic (exact) mass is 325 g/mol. The summed E-state index contributed by atoms with van der Waals surface area (Å²) in [6.07, 6.45) is 4.03.